The molecule has 31 heavy (non-hydrogen) atoms. The van der Waals surface area contributed by atoms with Crippen molar-refractivity contribution in [3.63, 3.8) is 0 Å². The molecule has 0 unspecified atom stereocenters. The number of piperidine rings is 1. The molecule has 0 bridgehead atoms. The minimum absolute atomic E-state index is 0.0803. The molecule has 1 aliphatic heterocycles. The van der Waals surface area contributed by atoms with Gasteiger partial charge in [-0.25, -0.2) is 0 Å². The molecule has 1 aliphatic rings. The van der Waals surface area contributed by atoms with Crippen LogP contribution >= 0.6 is 0 Å². The molecule has 0 atom stereocenters. The highest BCUT2D eigenvalue weighted by atomic mass is 19.4. The Morgan fingerprint density at radius 1 is 1.19 bits per heavy atom. The van der Waals surface area contributed by atoms with Gasteiger partial charge in [0, 0.05) is 26.1 Å². The van der Waals surface area contributed by atoms with Gasteiger partial charge in [0.25, 0.3) is 5.89 Å². The number of carbonyl (C=O) groups is 1. The van der Waals surface area contributed by atoms with E-state index < -0.39 is 6.36 Å². The lowest BCUT2D eigenvalue weighted by atomic mass is 9.95. The summed E-state index contributed by atoms with van der Waals surface area (Å²) in [6, 6.07) is 5.33. The van der Waals surface area contributed by atoms with E-state index in [4.69, 9.17) is 14.0 Å². The number of aromatic nitrogens is 2. The normalized spacial score (nSPS) is 15.3. The third kappa shape index (κ3) is 7.21. The Balaban J connectivity index is 1.44. The van der Waals surface area contributed by atoms with Crippen molar-refractivity contribution >= 4 is 5.91 Å². The van der Waals surface area contributed by atoms with Crippen LogP contribution in [0, 0.1) is 0 Å². The number of likely N-dealkylation sites (tertiary alicyclic amines) is 1. The predicted octanol–water partition coefficient (Wildman–Crippen LogP) is 3.08. The zero-order valence-corrected chi connectivity index (χ0v) is 17.1. The molecule has 0 spiro atoms. The highest BCUT2D eigenvalue weighted by Gasteiger charge is 2.31. The highest BCUT2D eigenvalue weighted by Crippen LogP contribution is 2.27. The maximum absolute atomic E-state index is 12.5. The third-order valence-electron chi connectivity index (χ3n) is 4.87. The standard InChI is InChI=1S/C20H24F3N3O5/c1-28-10-11-29-13-17-24-19(25-31-17)15-6-8-26(9-7-15)18(27)12-14-2-4-16(5-3-14)30-20(21,22)23/h2-5,15H,6-13H2,1H3. The number of benzene rings is 1. The fraction of sp³-hybridized carbons (Fsp3) is 0.550. The van der Waals surface area contributed by atoms with Crippen molar-refractivity contribution in [3.8, 4) is 5.75 Å². The Morgan fingerprint density at radius 2 is 1.90 bits per heavy atom. The Kier molecular flexibility index (Phi) is 7.85. The molecule has 170 valence electrons. The van der Waals surface area contributed by atoms with E-state index in [1.165, 1.54) is 24.3 Å². The Bertz CT molecular complexity index is 833. The summed E-state index contributed by atoms with van der Waals surface area (Å²) >= 11 is 0. The smallest absolute Gasteiger partial charge is 0.406 e. The second-order valence-electron chi connectivity index (χ2n) is 7.12. The van der Waals surface area contributed by atoms with Crippen molar-refractivity contribution < 1.29 is 36.7 Å². The summed E-state index contributed by atoms with van der Waals surface area (Å²) < 4.78 is 56.0. The topological polar surface area (TPSA) is 86.9 Å². The quantitative estimate of drug-likeness (QED) is 0.551. The first-order valence-corrected chi connectivity index (χ1v) is 9.85. The number of carbonyl (C=O) groups excluding carboxylic acids is 1. The molecule has 1 aromatic carbocycles. The van der Waals surface area contributed by atoms with Gasteiger partial charge in [-0.15, -0.1) is 13.2 Å². The molecule has 1 fully saturated rings. The van der Waals surface area contributed by atoms with Crippen LogP contribution in [0.4, 0.5) is 13.2 Å². The van der Waals surface area contributed by atoms with E-state index in [-0.39, 0.29) is 30.6 Å². The number of rotatable bonds is 9. The maximum atomic E-state index is 12.5. The van der Waals surface area contributed by atoms with Gasteiger partial charge < -0.3 is 23.6 Å². The molecule has 1 amide bonds. The van der Waals surface area contributed by atoms with E-state index in [1.54, 1.807) is 12.0 Å². The van der Waals surface area contributed by atoms with Gasteiger partial charge in [0.15, 0.2) is 5.82 Å². The van der Waals surface area contributed by atoms with Crippen molar-refractivity contribution in [2.75, 3.05) is 33.4 Å². The number of nitrogens with zero attached hydrogens (tertiary/aromatic N) is 3. The summed E-state index contributed by atoms with van der Waals surface area (Å²) in [6.45, 7) is 2.24. The molecule has 0 radical (unpaired) electrons. The van der Waals surface area contributed by atoms with E-state index in [2.05, 4.69) is 14.9 Å². The van der Waals surface area contributed by atoms with E-state index in [0.717, 1.165) is 0 Å². The fourth-order valence-electron chi connectivity index (χ4n) is 3.28. The van der Waals surface area contributed by atoms with Gasteiger partial charge in [-0.2, -0.15) is 4.98 Å². The van der Waals surface area contributed by atoms with Crippen LogP contribution in [0.15, 0.2) is 28.8 Å². The molecule has 11 heteroatoms. The van der Waals surface area contributed by atoms with E-state index in [1.807, 2.05) is 0 Å². The first-order chi connectivity index (χ1) is 14.8. The summed E-state index contributed by atoms with van der Waals surface area (Å²) in [5.41, 5.74) is 0.623. The Labute approximate surface area is 177 Å². The number of hydrogen-bond donors (Lipinski definition) is 0. The van der Waals surface area contributed by atoms with Crippen LogP contribution in [0.3, 0.4) is 0 Å². The minimum Gasteiger partial charge on any atom is -0.406 e. The van der Waals surface area contributed by atoms with Crippen LogP contribution < -0.4 is 4.74 Å². The first-order valence-electron chi connectivity index (χ1n) is 9.85. The van der Waals surface area contributed by atoms with Crippen LogP contribution in [0.2, 0.25) is 0 Å². The minimum atomic E-state index is -4.74. The van der Waals surface area contributed by atoms with E-state index >= 15 is 0 Å². The molecule has 0 aliphatic carbocycles. The van der Waals surface area contributed by atoms with E-state index in [9.17, 15) is 18.0 Å². The summed E-state index contributed by atoms with van der Waals surface area (Å²) in [4.78, 5) is 18.6. The van der Waals surface area contributed by atoms with Gasteiger partial charge in [-0.05, 0) is 30.5 Å². The summed E-state index contributed by atoms with van der Waals surface area (Å²) in [5.74, 6) is 0.718. The predicted molar refractivity (Wildman–Crippen MR) is 101 cm³/mol. The zero-order chi connectivity index (χ0) is 22.3. The Morgan fingerprint density at radius 3 is 2.55 bits per heavy atom. The molecule has 8 nitrogen and oxygen atoms in total. The third-order valence-corrected chi connectivity index (χ3v) is 4.87. The molecule has 0 N–H and O–H groups in total. The molecular formula is C20H24F3N3O5. The first kappa shape index (κ1) is 23.0. The molecular weight excluding hydrogens is 419 g/mol. The van der Waals surface area contributed by atoms with Crippen LogP contribution in [-0.4, -0.2) is 60.7 Å². The number of amides is 1. The van der Waals surface area contributed by atoms with Crippen LogP contribution in [0.5, 0.6) is 5.75 Å². The summed E-state index contributed by atoms with van der Waals surface area (Å²) in [7, 11) is 1.59. The van der Waals surface area contributed by atoms with Gasteiger partial charge in [-0.3, -0.25) is 4.79 Å². The molecule has 0 saturated carbocycles. The van der Waals surface area contributed by atoms with Gasteiger partial charge >= 0.3 is 6.36 Å². The summed E-state index contributed by atoms with van der Waals surface area (Å²) in [6.07, 6.45) is -3.22. The number of halogens is 3. The maximum Gasteiger partial charge on any atom is 0.573 e. The average Bonchev–Trinajstić information content (AvgIpc) is 3.21. The average molecular weight is 443 g/mol. The second-order valence-corrected chi connectivity index (χ2v) is 7.12. The number of methoxy groups -OCH3 is 1. The fourth-order valence-corrected chi connectivity index (χ4v) is 3.28. The molecule has 1 aromatic heterocycles. The van der Waals surface area contributed by atoms with Crippen molar-refractivity contribution in [1.82, 2.24) is 15.0 Å². The molecule has 2 heterocycles. The lowest BCUT2D eigenvalue weighted by molar-refractivity contribution is -0.274. The molecule has 3 rings (SSSR count). The van der Waals surface area contributed by atoms with Crippen LogP contribution in [-0.2, 0) is 27.3 Å². The van der Waals surface area contributed by atoms with Gasteiger partial charge in [0.2, 0.25) is 5.91 Å². The van der Waals surface area contributed by atoms with Crippen molar-refractivity contribution in [3.05, 3.63) is 41.5 Å². The van der Waals surface area contributed by atoms with Crippen LogP contribution in [0.1, 0.15) is 36.0 Å². The SMILES string of the molecule is COCCOCc1nc(C2CCN(C(=O)Cc3ccc(OC(F)(F)F)cc3)CC2)no1. The van der Waals surface area contributed by atoms with Crippen molar-refractivity contribution in [1.29, 1.82) is 0 Å². The number of alkyl halides is 3. The number of hydrogen-bond acceptors (Lipinski definition) is 7. The van der Waals surface area contributed by atoms with Gasteiger partial charge in [-0.1, -0.05) is 17.3 Å². The van der Waals surface area contributed by atoms with E-state index in [0.29, 0.717) is 56.4 Å². The van der Waals surface area contributed by atoms with Crippen molar-refractivity contribution in [2.24, 2.45) is 0 Å². The van der Waals surface area contributed by atoms with Crippen LogP contribution in [0.25, 0.3) is 0 Å². The van der Waals surface area contributed by atoms with Crippen molar-refractivity contribution in [2.45, 2.75) is 38.1 Å². The monoisotopic (exact) mass is 443 g/mol. The molecule has 1 saturated heterocycles. The molecule has 2 aromatic rings. The largest absolute Gasteiger partial charge is 0.573 e. The highest BCUT2D eigenvalue weighted by molar-refractivity contribution is 5.78. The van der Waals surface area contributed by atoms with Gasteiger partial charge in [0.05, 0.1) is 19.6 Å². The summed E-state index contributed by atoms with van der Waals surface area (Å²) in [5, 5.41) is 4.02. The number of ether oxygens (including phenoxy) is 3. The van der Waals surface area contributed by atoms with Gasteiger partial charge in [0.1, 0.15) is 12.4 Å². The second kappa shape index (κ2) is 10.6. The lowest BCUT2D eigenvalue weighted by Crippen LogP contribution is -2.39. The lowest BCUT2D eigenvalue weighted by Gasteiger charge is -2.30. The Hall–Kier alpha value is -2.66. The zero-order valence-electron chi connectivity index (χ0n) is 17.1.